The minimum absolute atomic E-state index is 0.0749. The molecule has 0 radical (unpaired) electrons. The third kappa shape index (κ3) is 3.52. The van der Waals surface area contributed by atoms with Crippen molar-refractivity contribution < 1.29 is 27.5 Å². The number of hydrogen-bond acceptors (Lipinski definition) is 4. The molecule has 1 aliphatic heterocycles. The fourth-order valence-electron chi connectivity index (χ4n) is 2.82. The van der Waals surface area contributed by atoms with Crippen LogP contribution in [0.3, 0.4) is 0 Å². The zero-order valence-corrected chi connectivity index (χ0v) is 13.2. The molecule has 0 saturated carbocycles. The number of ketones is 1. The predicted octanol–water partition coefficient (Wildman–Crippen LogP) is 3.50. The number of amides is 1. The maximum absolute atomic E-state index is 12.3. The third-order valence-electron chi connectivity index (χ3n) is 3.90. The molecule has 1 atom stereocenters. The van der Waals surface area contributed by atoms with Crippen LogP contribution in [0.5, 0.6) is 5.75 Å². The summed E-state index contributed by atoms with van der Waals surface area (Å²) in [6, 6.07) is 12.5. The molecule has 1 saturated heterocycles. The summed E-state index contributed by atoms with van der Waals surface area (Å²) in [5.74, 6) is -1.78. The molecule has 1 heterocycles. The van der Waals surface area contributed by atoms with E-state index in [0.29, 0.717) is 11.1 Å². The van der Waals surface area contributed by atoms with Gasteiger partial charge in [-0.2, -0.15) is 5.26 Å². The molecule has 0 spiro atoms. The molecule has 5 nitrogen and oxygen atoms in total. The molecule has 2 aromatic rings. The Hall–Kier alpha value is -3.34. The number of carbonyl (C=O) groups excluding carboxylic acids is 2. The summed E-state index contributed by atoms with van der Waals surface area (Å²) in [7, 11) is 0. The van der Waals surface area contributed by atoms with E-state index < -0.39 is 29.8 Å². The van der Waals surface area contributed by atoms with Crippen molar-refractivity contribution in [2.75, 3.05) is 4.90 Å². The molecule has 1 amide bonds. The second kappa shape index (κ2) is 6.52. The average Bonchev–Trinajstić information content (AvgIpc) is 2.90. The fraction of sp³-hybridized carbons (Fsp3) is 0.167. The summed E-state index contributed by atoms with van der Waals surface area (Å²) >= 11 is 0. The second-order valence-electron chi connectivity index (χ2n) is 5.60. The van der Waals surface area contributed by atoms with Gasteiger partial charge in [0.2, 0.25) is 5.78 Å². The standard InChI is InChI=1S/C18H11F3N2O3/c19-18(20,21)26-14-6-4-13(5-7-14)23-15(9-16(24)17(23)25)12-3-1-2-11(8-12)10-22/h1-8,15H,9H2. The first-order valence-corrected chi connectivity index (χ1v) is 7.51. The van der Waals surface area contributed by atoms with Crippen LogP contribution in [0.2, 0.25) is 0 Å². The van der Waals surface area contributed by atoms with Crippen molar-refractivity contribution >= 4 is 17.4 Å². The Morgan fingerprint density at radius 1 is 1.12 bits per heavy atom. The number of nitrogens with zero attached hydrogens (tertiary/aromatic N) is 2. The van der Waals surface area contributed by atoms with Gasteiger partial charge in [-0.25, -0.2) is 0 Å². The molecule has 1 fully saturated rings. The molecule has 1 unspecified atom stereocenters. The lowest BCUT2D eigenvalue weighted by molar-refractivity contribution is -0.274. The number of rotatable bonds is 3. The smallest absolute Gasteiger partial charge is 0.406 e. The summed E-state index contributed by atoms with van der Waals surface area (Å²) < 4.78 is 40.6. The number of hydrogen-bond donors (Lipinski definition) is 0. The summed E-state index contributed by atoms with van der Waals surface area (Å²) in [6.45, 7) is 0. The zero-order chi connectivity index (χ0) is 18.9. The van der Waals surface area contributed by atoms with Crippen molar-refractivity contribution in [3.63, 3.8) is 0 Å². The van der Waals surface area contributed by atoms with Gasteiger partial charge in [-0.3, -0.25) is 14.5 Å². The van der Waals surface area contributed by atoms with Crippen LogP contribution in [0.15, 0.2) is 48.5 Å². The first-order chi connectivity index (χ1) is 12.3. The largest absolute Gasteiger partial charge is 0.573 e. The quantitative estimate of drug-likeness (QED) is 0.786. The molecule has 1 aliphatic rings. The number of carbonyl (C=O) groups is 2. The van der Waals surface area contributed by atoms with E-state index in [9.17, 15) is 22.8 Å². The van der Waals surface area contributed by atoms with E-state index in [1.54, 1.807) is 24.3 Å². The van der Waals surface area contributed by atoms with E-state index in [2.05, 4.69) is 4.74 Å². The highest BCUT2D eigenvalue weighted by Gasteiger charge is 2.40. The Labute approximate surface area is 146 Å². The Kier molecular flexibility index (Phi) is 4.38. The van der Waals surface area contributed by atoms with Gasteiger partial charge in [0.1, 0.15) is 5.75 Å². The van der Waals surface area contributed by atoms with Gasteiger partial charge < -0.3 is 4.74 Å². The number of nitriles is 1. The molecule has 8 heteroatoms. The van der Waals surface area contributed by atoms with Crippen LogP contribution in [-0.2, 0) is 9.59 Å². The van der Waals surface area contributed by atoms with Gasteiger partial charge in [0.05, 0.1) is 17.7 Å². The summed E-state index contributed by atoms with van der Waals surface area (Å²) in [6.07, 6.45) is -4.89. The minimum Gasteiger partial charge on any atom is -0.406 e. The lowest BCUT2D eigenvalue weighted by atomic mass is 10.0. The molecule has 3 rings (SSSR count). The number of Topliss-reactive ketones (excluding diaryl/α,β-unsaturated/α-hetero) is 1. The van der Waals surface area contributed by atoms with E-state index in [-0.39, 0.29) is 12.1 Å². The number of ether oxygens (including phenoxy) is 1. The lowest BCUT2D eigenvalue weighted by Gasteiger charge is -2.24. The molecule has 132 valence electrons. The predicted molar refractivity (Wildman–Crippen MR) is 84.1 cm³/mol. The Morgan fingerprint density at radius 3 is 2.42 bits per heavy atom. The van der Waals surface area contributed by atoms with Crippen LogP contribution in [0.25, 0.3) is 0 Å². The first kappa shape index (κ1) is 17.5. The van der Waals surface area contributed by atoms with E-state index in [4.69, 9.17) is 5.26 Å². The van der Waals surface area contributed by atoms with Gasteiger partial charge >= 0.3 is 6.36 Å². The van der Waals surface area contributed by atoms with Gasteiger partial charge in [0.25, 0.3) is 5.91 Å². The second-order valence-corrected chi connectivity index (χ2v) is 5.60. The average molecular weight is 360 g/mol. The highest BCUT2D eigenvalue weighted by molar-refractivity contribution is 6.44. The van der Waals surface area contributed by atoms with Gasteiger partial charge in [-0.15, -0.1) is 13.2 Å². The number of benzene rings is 2. The zero-order valence-electron chi connectivity index (χ0n) is 13.2. The van der Waals surface area contributed by atoms with Crippen molar-refractivity contribution in [1.82, 2.24) is 0 Å². The molecular formula is C18H11F3N2O3. The van der Waals surface area contributed by atoms with Crippen molar-refractivity contribution in [3.05, 3.63) is 59.7 Å². The molecule has 0 N–H and O–H groups in total. The number of anilines is 1. The van der Waals surface area contributed by atoms with Crippen LogP contribution < -0.4 is 9.64 Å². The molecule has 0 bridgehead atoms. The Bertz CT molecular complexity index is 901. The Balaban J connectivity index is 1.94. The topological polar surface area (TPSA) is 70.4 Å². The van der Waals surface area contributed by atoms with Crippen LogP contribution in [0, 0.1) is 11.3 Å². The Morgan fingerprint density at radius 2 is 1.81 bits per heavy atom. The maximum atomic E-state index is 12.3. The minimum atomic E-state index is -4.82. The highest BCUT2D eigenvalue weighted by Crippen LogP contribution is 2.36. The van der Waals surface area contributed by atoms with Crippen LogP contribution in [0.4, 0.5) is 18.9 Å². The van der Waals surface area contributed by atoms with Gasteiger partial charge in [0.15, 0.2) is 0 Å². The van der Waals surface area contributed by atoms with E-state index in [1.807, 2.05) is 6.07 Å². The molecule has 26 heavy (non-hydrogen) atoms. The molecule has 0 aliphatic carbocycles. The van der Waals surface area contributed by atoms with Crippen LogP contribution >= 0.6 is 0 Å². The van der Waals surface area contributed by atoms with Gasteiger partial charge in [0, 0.05) is 12.1 Å². The van der Waals surface area contributed by atoms with E-state index >= 15 is 0 Å². The third-order valence-corrected chi connectivity index (χ3v) is 3.90. The molecule has 0 aromatic heterocycles. The molecule has 2 aromatic carbocycles. The van der Waals surface area contributed by atoms with E-state index in [1.165, 1.54) is 17.0 Å². The monoisotopic (exact) mass is 360 g/mol. The fourth-order valence-corrected chi connectivity index (χ4v) is 2.82. The normalized spacial score (nSPS) is 17.3. The lowest BCUT2D eigenvalue weighted by Crippen LogP contribution is -2.29. The maximum Gasteiger partial charge on any atom is 0.573 e. The molecular weight excluding hydrogens is 349 g/mol. The van der Waals surface area contributed by atoms with E-state index in [0.717, 1.165) is 12.1 Å². The van der Waals surface area contributed by atoms with Crippen LogP contribution in [0.1, 0.15) is 23.6 Å². The van der Waals surface area contributed by atoms with Crippen molar-refractivity contribution in [2.45, 2.75) is 18.8 Å². The first-order valence-electron chi connectivity index (χ1n) is 7.51. The number of alkyl halides is 3. The van der Waals surface area contributed by atoms with Crippen molar-refractivity contribution in [1.29, 1.82) is 5.26 Å². The van der Waals surface area contributed by atoms with Crippen molar-refractivity contribution in [3.8, 4) is 11.8 Å². The highest BCUT2D eigenvalue weighted by atomic mass is 19.4. The summed E-state index contributed by atoms with van der Waals surface area (Å²) in [5, 5.41) is 9.01. The van der Waals surface area contributed by atoms with Gasteiger partial charge in [-0.05, 0) is 42.0 Å². The number of halogens is 3. The summed E-state index contributed by atoms with van der Waals surface area (Å²) in [4.78, 5) is 25.4. The SMILES string of the molecule is N#Cc1cccc(C2CC(=O)C(=O)N2c2ccc(OC(F)(F)F)cc2)c1. The van der Waals surface area contributed by atoms with Crippen LogP contribution in [-0.4, -0.2) is 18.1 Å². The summed E-state index contributed by atoms with van der Waals surface area (Å²) in [5.41, 5.74) is 1.24. The van der Waals surface area contributed by atoms with Crippen molar-refractivity contribution in [2.24, 2.45) is 0 Å². The van der Waals surface area contributed by atoms with Gasteiger partial charge in [-0.1, -0.05) is 12.1 Å².